The highest BCUT2D eigenvalue weighted by atomic mass is 35.5. The van der Waals surface area contributed by atoms with Gasteiger partial charge in [0.25, 0.3) is 0 Å². The first-order valence-electron chi connectivity index (χ1n) is 8.92. The van der Waals surface area contributed by atoms with Gasteiger partial charge in [-0.25, -0.2) is 4.99 Å². The van der Waals surface area contributed by atoms with Gasteiger partial charge in [-0.2, -0.15) is 0 Å². The summed E-state index contributed by atoms with van der Waals surface area (Å²) in [6, 6.07) is 11.1. The number of nitrogens with one attached hydrogen (secondary N) is 1. The zero-order valence-corrected chi connectivity index (χ0v) is 18.5. The third kappa shape index (κ3) is 4.10. The van der Waals surface area contributed by atoms with Crippen molar-refractivity contribution in [3.8, 4) is 0 Å². The van der Waals surface area contributed by atoms with Crippen LogP contribution in [0.4, 0.5) is 0 Å². The molecule has 28 heavy (non-hydrogen) atoms. The molecule has 1 N–H and O–H groups in total. The number of hydrogen-bond acceptors (Lipinski definition) is 1. The maximum absolute atomic E-state index is 6.49. The lowest BCUT2D eigenvalue weighted by Crippen LogP contribution is -2.43. The lowest BCUT2D eigenvalue weighted by Gasteiger charge is -2.38. The second-order valence-electron chi connectivity index (χ2n) is 6.92. The van der Waals surface area contributed by atoms with E-state index >= 15 is 0 Å². The third-order valence-corrected chi connectivity index (χ3v) is 6.47. The summed E-state index contributed by atoms with van der Waals surface area (Å²) in [5, 5.41) is 6.29. The number of rotatable bonds is 2. The Morgan fingerprint density at radius 3 is 2.43 bits per heavy atom. The number of aliphatic imine (C=N–C) groups is 1. The number of halogens is 4. The smallest absolute Gasteiger partial charge is 0.193 e. The Morgan fingerprint density at radius 1 is 1.00 bits per heavy atom. The van der Waals surface area contributed by atoms with E-state index in [4.69, 9.17) is 58.6 Å². The Labute approximate surface area is 189 Å². The van der Waals surface area contributed by atoms with E-state index in [1.165, 1.54) is 0 Å². The highest BCUT2D eigenvalue weighted by molar-refractivity contribution is 7.80. The molecule has 0 spiro atoms. The lowest BCUT2D eigenvalue weighted by molar-refractivity contribution is 0.441. The number of nitrogens with zero attached hydrogens (tertiary/aromatic N) is 1. The molecule has 2 aliphatic rings. The largest absolute Gasteiger partial charge is 0.353 e. The molecule has 1 aliphatic carbocycles. The molecule has 1 saturated carbocycles. The maximum Gasteiger partial charge on any atom is 0.193 e. The van der Waals surface area contributed by atoms with Crippen LogP contribution in [-0.2, 0) is 0 Å². The molecule has 2 aromatic carbocycles. The summed E-state index contributed by atoms with van der Waals surface area (Å²) in [6.07, 6.45) is 5.08. The van der Waals surface area contributed by atoms with E-state index in [0.29, 0.717) is 25.2 Å². The van der Waals surface area contributed by atoms with Crippen molar-refractivity contribution in [2.45, 2.75) is 25.3 Å². The van der Waals surface area contributed by atoms with Crippen LogP contribution in [0.25, 0.3) is 6.08 Å². The summed E-state index contributed by atoms with van der Waals surface area (Å²) in [6.45, 7) is 0. The van der Waals surface area contributed by atoms with E-state index in [9.17, 15) is 0 Å². The van der Waals surface area contributed by atoms with Gasteiger partial charge < -0.3 is 5.32 Å². The van der Waals surface area contributed by atoms with E-state index < -0.39 is 0 Å². The Morgan fingerprint density at radius 2 is 1.71 bits per heavy atom. The minimum Gasteiger partial charge on any atom is -0.353 e. The first-order valence-corrected chi connectivity index (χ1v) is 10.8. The molecule has 2 atom stereocenters. The van der Waals surface area contributed by atoms with Crippen molar-refractivity contribution in [1.82, 2.24) is 5.32 Å². The van der Waals surface area contributed by atoms with Crippen LogP contribution in [0.3, 0.4) is 0 Å². The van der Waals surface area contributed by atoms with Gasteiger partial charge in [-0.15, -0.1) is 0 Å². The molecule has 0 saturated heterocycles. The van der Waals surface area contributed by atoms with Gasteiger partial charge >= 0.3 is 0 Å². The summed E-state index contributed by atoms with van der Waals surface area (Å²) in [7, 11) is 0. The summed E-state index contributed by atoms with van der Waals surface area (Å²) < 4.78 is 0. The zero-order chi connectivity index (χ0) is 19.8. The predicted molar refractivity (Wildman–Crippen MR) is 124 cm³/mol. The van der Waals surface area contributed by atoms with Crippen molar-refractivity contribution in [3.63, 3.8) is 0 Å². The Balaban J connectivity index is 1.74. The van der Waals surface area contributed by atoms with E-state index in [1.807, 2.05) is 24.3 Å². The van der Waals surface area contributed by atoms with Gasteiger partial charge in [-0.3, -0.25) is 0 Å². The first kappa shape index (κ1) is 20.2. The standard InChI is InChI=1S/C21H16Cl4N2S/c22-13-5-4-11(17(24)9-13)8-12-2-1-3-16-19(12)26-21(28)27-20(16)15-7-6-14(23)10-18(15)25/h4-10,16,20H,1-3H2,(H,27,28). The average Bonchev–Trinajstić information content (AvgIpc) is 2.64. The normalized spacial score (nSPS) is 23.2. The van der Waals surface area contributed by atoms with Crippen LogP contribution in [0, 0.1) is 5.92 Å². The number of benzene rings is 2. The lowest BCUT2D eigenvalue weighted by atomic mass is 9.76. The molecule has 2 aromatic rings. The van der Waals surface area contributed by atoms with Gasteiger partial charge in [-0.1, -0.05) is 58.5 Å². The summed E-state index contributed by atoms with van der Waals surface area (Å²) >= 11 is 30.4. The fraction of sp³-hybridized carbons (Fsp3) is 0.238. The molecule has 0 radical (unpaired) electrons. The molecule has 2 unspecified atom stereocenters. The monoisotopic (exact) mass is 468 g/mol. The van der Waals surface area contributed by atoms with Gasteiger partial charge in [0.1, 0.15) is 0 Å². The molecular weight excluding hydrogens is 454 g/mol. The van der Waals surface area contributed by atoms with Gasteiger partial charge in [0, 0.05) is 26.0 Å². The molecule has 144 valence electrons. The molecule has 1 fully saturated rings. The number of fused-ring (bicyclic) bond motifs is 1. The van der Waals surface area contributed by atoms with Crippen LogP contribution in [0.5, 0.6) is 0 Å². The maximum atomic E-state index is 6.49. The molecule has 1 aliphatic heterocycles. The molecule has 0 amide bonds. The molecule has 7 heteroatoms. The SMILES string of the molecule is S=C1N=C2C(=Cc3ccc(Cl)cc3Cl)CCCC2C(c2ccc(Cl)cc2Cl)N1. The van der Waals surface area contributed by atoms with Crippen LogP contribution < -0.4 is 5.32 Å². The topological polar surface area (TPSA) is 24.4 Å². The van der Waals surface area contributed by atoms with Crippen molar-refractivity contribution in [1.29, 1.82) is 0 Å². The van der Waals surface area contributed by atoms with Gasteiger partial charge in [-0.05, 0) is 78.5 Å². The van der Waals surface area contributed by atoms with Crippen molar-refractivity contribution < 1.29 is 0 Å². The van der Waals surface area contributed by atoms with Crippen LogP contribution >= 0.6 is 58.6 Å². The molecule has 0 bridgehead atoms. The van der Waals surface area contributed by atoms with Crippen LogP contribution in [0.15, 0.2) is 47.0 Å². The van der Waals surface area contributed by atoms with Crippen LogP contribution in [0.2, 0.25) is 20.1 Å². The van der Waals surface area contributed by atoms with Gasteiger partial charge in [0.2, 0.25) is 0 Å². The predicted octanol–water partition coefficient (Wildman–Crippen LogP) is 7.55. The first-order chi connectivity index (χ1) is 13.4. The molecule has 1 heterocycles. The summed E-state index contributed by atoms with van der Waals surface area (Å²) in [4.78, 5) is 4.68. The second kappa shape index (κ2) is 8.33. The summed E-state index contributed by atoms with van der Waals surface area (Å²) in [5.41, 5.74) is 4.07. The van der Waals surface area contributed by atoms with Crippen molar-refractivity contribution in [2.24, 2.45) is 10.9 Å². The van der Waals surface area contributed by atoms with E-state index in [0.717, 1.165) is 41.7 Å². The fourth-order valence-corrected chi connectivity index (χ4v) is 5.08. The Hall–Kier alpha value is -1.10. The third-order valence-electron chi connectivity index (χ3n) is 5.13. The van der Waals surface area contributed by atoms with Crippen molar-refractivity contribution in [3.05, 3.63) is 73.2 Å². The minimum atomic E-state index is -0.0332. The number of thiocarbonyl (C=S) groups is 1. The fourth-order valence-electron chi connectivity index (χ4n) is 3.87. The van der Waals surface area contributed by atoms with E-state index in [1.54, 1.807) is 12.1 Å². The highest BCUT2D eigenvalue weighted by Crippen LogP contribution is 2.41. The Kier molecular flexibility index (Phi) is 6.01. The molecule has 2 nitrogen and oxygen atoms in total. The number of hydrogen-bond donors (Lipinski definition) is 1. The minimum absolute atomic E-state index is 0.0332. The number of allylic oxidation sites excluding steroid dienone is 1. The van der Waals surface area contributed by atoms with Gasteiger partial charge in [0.05, 0.1) is 11.8 Å². The summed E-state index contributed by atoms with van der Waals surface area (Å²) in [5.74, 6) is 0.177. The highest BCUT2D eigenvalue weighted by Gasteiger charge is 2.36. The van der Waals surface area contributed by atoms with Crippen molar-refractivity contribution >= 4 is 75.5 Å². The second-order valence-corrected chi connectivity index (χ2v) is 9.00. The molecule has 0 aromatic heterocycles. The molecule has 4 rings (SSSR count). The van der Waals surface area contributed by atoms with E-state index in [-0.39, 0.29) is 12.0 Å². The molecular formula is C21H16Cl4N2S. The Bertz CT molecular complexity index is 1020. The van der Waals surface area contributed by atoms with E-state index in [2.05, 4.69) is 16.4 Å². The van der Waals surface area contributed by atoms with Gasteiger partial charge in [0.15, 0.2) is 5.11 Å². The zero-order valence-electron chi connectivity index (χ0n) is 14.7. The quantitative estimate of drug-likeness (QED) is 0.459. The van der Waals surface area contributed by atoms with Crippen LogP contribution in [0.1, 0.15) is 36.4 Å². The van der Waals surface area contributed by atoms with Crippen molar-refractivity contribution in [2.75, 3.05) is 0 Å². The van der Waals surface area contributed by atoms with Crippen LogP contribution in [-0.4, -0.2) is 10.8 Å². The average molecular weight is 470 g/mol.